The van der Waals surface area contributed by atoms with E-state index in [4.69, 9.17) is 4.52 Å². The van der Waals surface area contributed by atoms with Crippen LogP contribution >= 0.6 is 0 Å². The van der Waals surface area contributed by atoms with E-state index in [0.29, 0.717) is 5.88 Å². The van der Waals surface area contributed by atoms with Gasteiger partial charge in [0.2, 0.25) is 5.88 Å². The van der Waals surface area contributed by atoms with Gasteiger partial charge in [-0.15, -0.1) is 0 Å². The summed E-state index contributed by atoms with van der Waals surface area (Å²) in [4.78, 5) is 12.6. The fourth-order valence-electron chi connectivity index (χ4n) is 3.92. The Hall–Kier alpha value is -1.56. The molecule has 0 radical (unpaired) electrons. The second-order valence-electron chi connectivity index (χ2n) is 8.06. The van der Waals surface area contributed by atoms with Crippen molar-refractivity contribution in [3.63, 3.8) is 0 Å². The lowest BCUT2D eigenvalue weighted by molar-refractivity contribution is -0.194. The molecule has 6 heteroatoms. The van der Waals surface area contributed by atoms with Crippen LogP contribution in [-0.2, 0) is 5.41 Å². The van der Waals surface area contributed by atoms with Gasteiger partial charge in [-0.3, -0.25) is 10.3 Å². The van der Waals surface area contributed by atoms with E-state index in [0.717, 1.165) is 31.1 Å². The molecule has 2 amide bonds. The zero-order chi connectivity index (χ0) is 15.5. The second-order valence-corrected chi connectivity index (χ2v) is 8.06. The molecule has 0 spiro atoms. The van der Waals surface area contributed by atoms with Crippen molar-refractivity contribution in [3.8, 4) is 0 Å². The molecule has 4 fully saturated rings. The number of anilines is 1. The third kappa shape index (κ3) is 2.04. The molecule has 5 rings (SSSR count). The Morgan fingerprint density at radius 2 is 2.09 bits per heavy atom. The van der Waals surface area contributed by atoms with Crippen molar-refractivity contribution in [2.24, 2.45) is 5.92 Å². The number of urea groups is 1. The number of hydrogen-bond acceptors (Lipinski definition) is 4. The van der Waals surface area contributed by atoms with Crippen LogP contribution in [0.3, 0.4) is 0 Å². The van der Waals surface area contributed by atoms with Crippen molar-refractivity contribution >= 4 is 11.9 Å². The lowest BCUT2D eigenvalue weighted by Gasteiger charge is -2.66. The van der Waals surface area contributed by atoms with Gasteiger partial charge in [-0.2, -0.15) is 0 Å². The molecule has 1 aliphatic heterocycles. The summed E-state index contributed by atoms with van der Waals surface area (Å²) >= 11 is 0. The standard InChI is InChI=1S/C16H24N4O2/c1-15(2,3)12-7-13(22-18-12)17-14(21)19-5-4-6-20(19)16-8-11(9-16)10-16/h7,11H,4-6,8-10H2,1-3H3,(H,17,21). The Balaban J connectivity index is 1.44. The number of rotatable bonds is 2. The molecule has 3 saturated carbocycles. The van der Waals surface area contributed by atoms with Crippen LogP contribution in [-0.4, -0.2) is 39.8 Å². The predicted molar refractivity (Wildman–Crippen MR) is 82.3 cm³/mol. The molecule has 0 unspecified atom stereocenters. The SMILES string of the molecule is CC(C)(C)c1cc(NC(=O)N2CCCN2C23CC(C2)C3)on1. The summed E-state index contributed by atoms with van der Waals surface area (Å²) in [5, 5.41) is 11.1. The monoisotopic (exact) mass is 304 g/mol. The van der Waals surface area contributed by atoms with Gasteiger partial charge >= 0.3 is 6.03 Å². The maximum atomic E-state index is 12.6. The zero-order valence-electron chi connectivity index (χ0n) is 13.6. The third-order valence-electron chi connectivity index (χ3n) is 5.33. The van der Waals surface area contributed by atoms with Gasteiger partial charge in [0.25, 0.3) is 0 Å². The molecule has 1 saturated heterocycles. The van der Waals surface area contributed by atoms with Gasteiger partial charge in [-0.25, -0.2) is 9.80 Å². The summed E-state index contributed by atoms with van der Waals surface area (Å²) in [6.07, 6.45) is 4.82. The van der Waals surface area contributed by atoms with E-state index in [-0.39, 0.29) is 17.0 Å². The molecule has 3 aliphatic carbocycles. The summed E-state index contributed by atoms with van der Waals surface area (Å²) in [6, 6.07) is 1.72. The highest BCUT2D eigenvalue weighted by atomic mass is 16.5. The molecule has 22 heavy (non-hydrogen) atoms. The van der Waals surface area contributed by atoms with E-state index in [2.05, 4.69) is 36.3 Å². The summed E-state index contributed by atoms with van der Waals surface area (Å²) in [5.74, 6) is 1.34. The topological polar surface area (TPSA) is 61.6 Å². The average Bonchev–Trinajstić information content (AvgIpc) is 2.92. The second kappa shape index (κ2) is 4.47. The smallest absolute Gasteiger partial charge is 0.338 e. The molecule has 6 nitrogen and oxygen atoms in total. The number of carbonyl (C=O) groups is 1. The van der Waals surface area contributed by atoms with Gasteiger partial charge in [0.1, 0.15) is 0 Å². The number of hydrogen-bond donors (Lipinski definition) is 1. The van der Waals surface area contributed by atoms with E-state index in [9.17, 15) is 4.79 Å². The predicted octanol–water partition coefficient (Wildman–Crippen LogP) is 2.98. The van der Waals surface area contributed by atoms with Crippen LogP contribution in [0.2, 0.25) is 0 Å². The van der Waals surface area contributed by atoms with Gasteiger partial charge in [0.05, 0.1) is 5.69 Å². The van der Waals surface area contributed by atoms with E-state index in [1.165, 1.54) is 19.3 Å². The number of amides is 2. The van der Waals surface area contributed by atoms with Gasteiger partial charge in [-0.1, -0.05) is 25.9 Å². The molecular formula is C16H24N4O2. The Bertz CT molecular complexity index is 587. The summed E-state index contributed by atoms with van der Waals surface area (Å²) in [5.41, 5.74) is 1.05. The molecule has 120 valence electrons. The summed E-state index contributed by atoms with van der Waals surface area (Å²) in [7, 11) is 0. The van der Waals surface area contributed by atoms with E-state index in [1.54, 1.807) is 0 Å². The number of carbonyl (C=O) groups excluding carboxylic acids is 1. The van der Waals surface area contributed by atoms with Gasteiger partial charge in [0, 0.05) is 30.1 Å². The Morgan fingerprint density at radius 3 is 2.64 bits per heavy atom. The summed E-state index contributed by atoms with van der Waals surface area (Å²) < 4.78 is 5.27. The first kappa shape index (κ1) is 14.1. The minimum absolute atomic E-state index is 0.0853. The minimum atomic E-state index is -0.0983. The van der Waals surface area contributed by atoms with Crippen molar-refractivity contribution in [2.45, 2.75) is 57.4 Å². The first-order chi connectivity index (χ1) is 10.4. The van der Waals surface area contributed by atoms with Crippen molar-refractivity contribution < 1.29 is 9.32 Å². The molecule has 1 N–H and O–H groups in total. The van der Waals surface area contributed by atoms with Crippen LogP contribution in [0.25, 0.3) is 0 Å². The van der Waals surface area contributed by atoms with E-state index >= 15 is 0 Å². The van der Waals surface area contributed by atoms with Gasteiger partial charge in [0.15, 0.2) is 0 Å². The average molecular weight is 304 g/mol. The highest BCUT2D eigenvalue weighted by Gasteiger charge is 2.62. The number of nitrogens with one attached hydrogen (secondary N) is 1. The fraction of sp³-hybridized carbons (Fsp3) is 0.750. The molecule has 0 aromatic carbocycles. The quantitative estimate of drug-likeness (QED) is 0.912. The van der Waals surface area contributed by atoms with Gasteiger partial charge in [-0.05, 0) is 31.6 Å². The first-order valence-corrected chi connectivity index (χ1v) is 8.21. The van der Waals surface area contributed by atoms with Crippen molar-refractivity contribution in [1.29, 1.82) is 0 Å². The Morgan fingerprint density at radius 1 is 1.36 bits per heavy atom. The highest BCUT2D eigenvalue weighted by Crippen LogP contribution is 2.61. The fourth-order valence-corrected chi connectivity index (χ4v) is 3.92. The molecule has 2 bridgehead atoms. The maximum absolute atomic E-state index is 12.6. The lowest BCUT2D eigenvalue weighted by Crippen LogP contribution is -2.71. The first-order valence-electron chi connectivity index (χ1n) is 8.21. The summed E-state index contributed by atoms with van der Waals surface area (Å²) in [6.45, 7) is 7.99. The number of aromatic nitrogens is 1. The third-order valence-corrected chi connectivity index (χ3v) is 5.33. The van der Waals surface area contributed by atoms with Crippen LogP contribution in [0.1, 0.15) is 52.1 Å². The van der Waals surface area contributed by atoms with Gasteiger partial charge < -0.3 is 4.52 Å². The molecule has 1 aromatic heterocycles. The molecular weight excluding hydrogens is 280 g/mol. The Labute approximate surface area is 130 Å². The van der Waals surface area contributed by atoms with E-state index < -0.39 is 0 Å². The zero-order valence-corrected chi connectivity index (χ0v) is 13.6. The molecule has 1 aromatic rings. The number of nitrogens with zero attached hydrogens (tertiary/aromatic N) is 3. The van der Waals surface area contributed by atoms with Crippen LogP contribution in [0.5, 0.6) is 0 Å². The van der Waals surface area contributed by atoms with Crippen LogP contribution < -0.4 is 5.32 Å². The molecule has 0 atom stereocenters. The van der Waals surface area contributed by atoms with Crippen LogP contribution in [0.15, 0.2) is 10.6 Å². The molecule has 4 aliphatic rings. The largest absolute Gasteiger partial charge is 0.338 e. The van der Waals surface area contributed by atoms with E-state index in [1.807, 2.05) is 11.1 Å². The molecule has 2 heterocycles. The minimum Gasteiger partial charge on any atom is -0.338 e. The Kier molecular flexibility index (Phi) is 2.86. The number of hydrazine groups is 1. The maximum Gasteiger partial charge on any atom is 0.338 e. The van der Waals surface area contributed by atoms with Crippen molar-refractivity contribution in [3.05, 3.63) is 11.8 Å². The lowest BCUT2D eigenvalue weighted by atomic mass is 9.49. The van der Waals surface area contributed by atoms with Crippen LogP contribution in [0.4, 0.5) is 10.7 Å². The normalized spacial score (nSPS) is 30.9. The highest BCUT2D eigenvalue weighted by molar-refractivity contribution is 5.87. The van der Waals surface area contributed by atoms with Crippen LogP contribution in [0, 0.1) is 5.92 Å². The van der Waals surface area contributed by atoms with Crippen molar-refractivity contribution in [2.75, 3.05) is 18.4 Å². The van der Waals surface area contributed by atoms with Crippen molar-refractivity contribution in [1.82, 2.24) is 15.2 Å².